The molecule has 0 amide bonds. The first-order valence-electron chi connectivity index (χ1n) is 25.9. The second-order valence-electron chi connectivity index (χ2n) is 20.0. The zero-order chi connectivity index (χ0) is 48.1. The van der Waals surface area contributed by atoms with Crippen molar-refractivity contribution in [1.29, 1.82) is 0 Å². The smallest absolute Gasteiger partial charge is 0.248 e. The molecule has 366 valence electrons. The molecule has 0 spiro atoms. The highest BCUT2D eigenvalue weighted by molar-refractivity contribution is 5.80. The van der Waals surface area contributed by atoms with E-state index in [0.29, 0.717) is 0 Å². The van der Waals surface area contributed by atoms with Gasteiger partial charge in [-0.1, -0.05) is 13.3 Å². The zero-order valence-corrected chi connectivity index (χ0v) is 40.8. The highest BCUT2D eigenvalue weighted by Crippen LogP contribution is 2.32. The van der Waals surface area contributed by atoms with Crippen LogP contribution in [-0.2, 0) is 0 Å². The van der Waals surface area contributed by atoms with Gasteiger partial charge in [0.05, 0.1) is 22.8 Å². The van der Waals surface area contributed by atoms with Crippen LogP contribution in [0, 0.1) is 5.92 Å². The summed E-state index contributed by atoms with van der Waals surface area (Å²) in [4.78, 5) is 48.6. The highest BCUT2D eigenvalue weighted by atomic mass is 16.1. The number of hydrogen-bond acceptors (Lipinski definition) is 10. The molecule has 4 aliphatic rings. The molecule has 0 bridgehead atoms. The van der Waals surface area contributed by atoms with Crippen molar-refractivity contribution >= 4 is 45.4 Å². The fourth-order valence-electron chi connectivity index (χ4n) is 11.4. The van der Waals surface area contributed by atoms with Crippen LogP contribution in [0.3, 0.4) is 0 Å². The van der Waals surface area contributed by atoms with Crippen LogP contribution < -0.4 is 31.6 Å². The fraction of sp³-hybridized carbons (Fsp3) is 0.368. The number of H-pyrrole nitrogens is 2. The first kappa shape index (κ1) is 46.2. The van der Waals surface area contributed by atoms with Crippen LogP contribution in [0.15, 0.2) is 144 Å². The number of aromatic nitrogens is 6. The van der Waals surface area contributed by atoms with Crippen LogP contribution in [0.25, 0.3) is 33.8 Å². The topological polar surface area (TPSA) is 137 Å². The van der Waals surface area contributed by atoms with Crippen molar-refractivity contribution in [3.8, 4) is 22.5 Å². The monoisotopic (exact) mass is 951 g/mol. The number of fused-ring (bicyclic) bond motifs is 2. The number of benzene rings is 2. The number of anilines is 6. The Balaban J connectivity index is 0.000000154. The summed E-state index contributed by atoms with van der Waals surface area (Å²) in [7, 11) is 0. The number of imidazole rings is 2. The van der Waals surface area contributed by atoms with Crippen molar-refractivity contribution in [2.45, 2.75) is 76.8 Å². The molecule has 0 saturated carbocycles. The van der Waals surface area contributed by atoms with Gasteiger partial charge in [0.15, 0.2) is 11.3 Å². The summed E-state index contributed by atoms with van der Waals surface area (Å²) in [6.45, 7) is 12.0. The number of pyridine rings is 4. The molecule has 0 atom stereocenters. The van der Waals surface area contributed by atoms with Crippen molar-refractivity contribution in [3.05, 3.63) is 155 Å². The minimum absolute atomic E-state index is 0.117. The molecule has 8 aromatic rings. The van der Waals surface area contributed by atoms with Gasteiger partial charge in [-0.3, -0.25) is 18.4 Å². The molecule has 4 fully saturated rings. The third-order valence-electron chi connectivity index (χ3n) is 15.4. The summed E-state index contributed by atoms with van der Waals surface area (Å²) in [6, 6.07) is 34.1. The summed E-state index contributed by atoms with van der Waals surface area (Å²) in [5.41, 5.74) is 11.5. The molecule has 6 aromatic heterocycles. The Hall–Kier alpha value is -7.16. The molecule has 0 aliphatic carbocycles. The van der Waals surface area contributed by atoms with Crippen molar-refractivity contribution in [1.82, 2.24) is 38.5 Å². The van der Waals surface area contributed by atoms with E-state index in [-0.39, 0.29) is 11.1 Å². The van der Waals surface area contributed by atoms with Gasteiger partial charge in [-0.2, -0.15) is 0 Å². The van der Waals surface area contributed by atoms with E-state index in [1.165, 1.54) is 95.3 Å². The van der Waals surface area contributed by atoms with Gasteiger partial charge in [0, 0.05) is 121 Å². The summed E-state index contributed by atoms with van der Waals surface area (Å²) in [5, 5.41) is 7.06. The van der Waals surface area contributed by atoms with E-state index >= 15 is 0 Å². The average molecular weight is 951 g/mol. The normalized spacial score (nSPS) is 17.9. The summed E-state index contributed by atoms with van der Waals surface area (Å²) < 4.78 is 4.02. The number of rotatable bonds is 10. The molecule has 2 aromatic carbocycles. The Kier molecular flexibility index (Phi) is 13.7. The van der Waals surface area contributed by atoms with E-state index in [2.05, 4.69) is 106 Å². The van der Waals surface area contributed by atoms with E-state index < -0.39 is 0 Å². The Bertz CT molecular complexity index is 3140. The molecule has 71 heavy (non-hydrogen) atoms. The maximum atomic E-state index is 11.8. The highest BCUT2D eigenvalue weighted by Gasteiger charge is 2.28. The van der Waals surface area contributed by atoms with E-state index in [4.69, 9.17) is 0 Å². The Morgan fingerprint density at radius 1 is 0.493 bits per heavy atom. The van der Waals surface area contributed by atoms with E-state index in [1.54, 1.807) is 36.9 Å². The molecule has 10 heterocycles. The molecule has 12 rings (SSSR count). The molecule has 14 heteroatoms. The molecular weight excluding hydrogens is 885 g/mol. The fourth-order valence-corrected chi connectivity index (χ4v) is 11.4. The third kappa shape index (κ3) is 10.5. The lowest BCUT2D eigenvalue weighted by Gasteiger charge is -2.42. The lowest BCUT2D eigenvalue weighted by molar-refractivity contribution is 0.120. The quantitative estimate of drug-likeness (QED) is 0.105. The molecule has 0 unspecified atom stereocenters. The maximum absolute atomic E-state index is 11.8. The van der Waals surface area contributed by atoms with Gasteiger partial charge in [-0.15, -0.1) is 0 Å². The maximum Gasteiger partial charge on any atom is 0.248 e. The number of aromatic amines is 2. The molecule has 4 aliphatic heterocycles. The average Bonchev–Trinajstić information content (AvgIpc) is 4.13. The molecule has 4 N–H and O–H groups in total. The largest absolute Gasteiger partial charge is 0.371 e. The second-order valence-corrected chi connectivity index (χ2v) is 20.0. The van der Waals surface area contributed by atoms with Crippen LogP contribution in [0.4, 0.5) is 34.1 Å². The first-order chi connectivity index (χ1) is 34.9. The van der Waals surface area contributed by atoms with Gasteiger partial charge < -0.3 is 40.2 Å². The van der Waals surface area contributed by atoms with Crippen molar-refractivity contribution in [2.75, 3.05) is 72.8 Å². The predicted octanol–water partition coefficient (Wildman–Crippen LogP) is 10.0. The standard InChI is InChI=1S/C29H34N6O.C28H32N6O/c1-21-9-15-33(16-10-21)25-11-17-34(18-12-25)24-4-2-23(3-5-24)32-26-6-7-27(35-19-14-31-29(26)35)22-8-13-30-28(36)20-22;35-27-20-21(10-13-29-27)26-9-8-25(28-30-14-19-34(26)28)31-22-4-6-23(7-5-22)33-17-11-24(12-18-33)32-15-2-1-3-16-32/h2-8,13-14,19-21,25,32H,9-12,15-18H2,1H3,(H,30,36);4-10,13-14,19-20,24,31H,1-3,11-12,15-18H2,(H,29,35). The first-order valence-corrected chi connectivity index (χ1v) is 25.9. The van der Waals surface area contributed by atoms with Crippen molar-refractivity contribution < 1.29 is 0 Å². The van der Waals surface area contributed by atoms with Gasteiger partial charge in [0.25, 0.3) is 0 Å². The number of nitrogens with zero attached hydrogens (tertiary/aromatic N) is 8. The lowest BCUT2D eigenvalue weighted by Crippen LogP contribution is -2.47. The number of nitrogens with one attached hydrogen (secondary N) is 4. The Morgan fingerprint density at radius 2 is 0.930 bits per heavy atom. The molecule has 4 saturated heterocycles. The van der Waals surface area contributed by atoms with Crippen LogP contribution in [-0.4, -0.2) is 103 Å². The van der Waals surface area contributed by atoms with Gasteiger partial charge in [-0.25, -0.2) is 9.97 Å². The summed E-state index contributed by atoms with van der Waals surface area (Å²) in [5.74, 6) is 0.894. The zero-order valence-electron chi connectivity index (χ0n) is 40.8. The van der Waals surface area contributed by atoms with Gasteiger partial charge in [0.1, 0.15) is 0 Å². The number of hydrogen-bond donors (Lipinski definition) is 4. The Labute approximate surface area is 415 Å². The Morgan fingerprint density at radius 3 is 1.37 bits per heavy atom. The van der Waals surface area contributed by atoms with Crippen LogP contribution in [0.1, 0.15) is 64.7 Å². The number of likely N-dealkylation sites (tertiary alicyclic amines) is 2. The molecule has 0 radical (unpaired) electrons. The van der Waals surface area contributed by atoms with E-state index in [0.717, 1.165) is 101 Å². The van der Waals surface area contributed by atoms with Crippen molar-refractivity contribution in [3.63, 3.8) is 0 Å². The van der Waals surface area contributed by atoms with Gasteiger partial charge >= 0.3 is 0 Å². The molecular formula is C57H66N12O2. The van der Waals surface area contributed by atoms with Gasteiger partial charge in [-0.05, 0) is 168 Å². The SMILES string of the molecule is CC1CCN(C2CCN(c3ccc(Nc4ccc(-c5cc[nH]c(=O)c5)n5ccnc45)cc3)CC2)CC1.O=c1cc(-c2ccc(Nc3ccc(N4CCC(N5CCCCC5)CC4)cc3)c3nccn23)cc[nH]1. The van der Waals surface area contributed by atoms with Crippen LogP contribution >= 0.6 is 0 Å². The summed E-state index contributed by atoms with van der Waals surface area (Å²) >= 11 is 0. The lowest BCUT2D eigenvalue weighted by atomic mass is 9.95. The van der Waals surface area contributed by atoms with E-state index in [1.807, 2.05) is 57.6 Å². The molecule has 14 nitrogen and oxygen atoms in total. The minimum Gasteiger partial charge on any atom is -0.371 e. The second kappa shape index (κ2) is 21.1. The van der Waals surface area contributed by atoms with E-state index in [9.17, 15) is 9.59 Å². The third-order valence-corrected chi connectivity index (χ3v) is 15.4. The predicted molar refractivity (Wildman–Crippen MR) is 288 cm³/mol. The van der Waals surface area contributed by atoms with Crippen LogP contribution in [0.2, 0.25) is 0 Å². The number of piperidine rings is 4. The summed E-state index contributed by atoms with van der Waals surface area (Å²) in [6.07, 6.45) is 22.7. The van der Waals surface area contributed by atoms with Gasteiger partial charge in [0.2, 0.25) is 11.1 Å². The van der Waals surface area contributed by atoms with Crippen molar-refractivity contribution in [2.24, 2.45) is 5.92 Å². The minimum atomic E-state index is -0.117. The van der Waals surface area contributed by atoms with Crippen LogP contribution in [0.5, 0.6) is 0 Å².